The maximum atomic E-state index is 13.7. The Bertz CT molecular complexity index is 1880. The Labute approximate surface area is 266 Å². The summed E-state index contributed by atoms with van der Waals surface area (Å²) in [4.78, 5) is 35.9. The van der Waals surface area contributed by atoms with E-state index in [1.165, 1.54) is 14.2 Å². The molecule has 248 valence electrons. The Morgan fingerprint density at radius 3 is 2.21 bits per heavy atom. The van der Waals surface area contributed by atoms with Crippen LogP contribution in [0.15, 0.2) is 70.9 Å². The van der Waals surface area contributed by atoms with Gasteiger partial charge in [0.05, 0.1) is 29.8 Å². The van der Waals surface area contributed by atoms with Gasteiger partial charge in [-0.1, -0.05) is 6.08 Å². The third kappa shape index (κ3) is 5.64. The molecule has 1 aromatic heterocycles. The molecule has 0 radical (unpaired) electrons. The molecule has 3 aliphatic rings. The second-order valence-electron chi connectivity index (χ2n) is 12.3. The number of ether oxygens (including phenoxy) is 1. The fourth-order valence-electron chi connectivity index (χ4n) is 7.32. The monoisotopic (exact) mass is 658 g/mol. The molecule has 5 atom stereocenters. The summed E-state index contributed by atoms with van der Waals surface area (Å²) in [6.45, 7) is 5.53. The van der Waals surface area contributed by atoms with Crippen LogP contribution in [0.5, 0.6) is 5.75 Å². The van der Waals surface area contributed by atoms with Crippen molar-refractivity contribution in [3.8, 4) is 5.75 Å². The van der Waals surface area contributed by atoms with Gasteiger partial charge in [0.1, 0.15) is 17.1 Å². The van der Waals surface area contributed by atoms with Gasteiger partial charge < -0.3 is 14.5 Å². The van der Waals surface area contributed by atoms with Crippen LogP contribution in [0, 0.1) is 11.8 Å². The van der Waals surface area contributed by atoms with Crippen molar-refractivity contribution in [2.45, 2.75) is 37.3 Å². The fraction of sp³-hybridized carbons (Fsp3) is 0.382. The van der Waals surface area contributed by atoms with E-state index in [0.29, 0.717) is 29.3 Å². The van der Waals surface area contributed by atoms with Gasteiger partial charge in [0.2, 0.25) is 0 Å². The van der Waals surface area contributed by atoms with Crippen LogP contribution >= 0.6 is 0 Å². The highest BCUT2D eigenvalue weighted by Crippen LogP contribution is 2.47. The van der Waals surface area contributed by atoms with Crippen molar-refractivity contribution < 1.29 is 31.1 Å². The largest absolute Gasteiger partial charge is 0.497 e. The number of rotatable bonds is 8. The zero-order valence-electron chi connectivity index (χ0n) is 25.8. The van der Waals surface area contributed by atoms with Crippen molar-refractivity contribution in [1.29, 1.82) is 0 Å². The quantitative estimate of drug-likeness (QED) is 0.118. The first-order valence-corrected chi connectivity index (χ1v) is 15.0. The Kier molecular flexibility index (Phi) is 8.10. The molecule has 3 fully saturated rings. The van der Waals surface area contributed by atoms with E-state index < -0.39 is 46.1 Å². The molecule has 2 bridgehead atoms. The highest BCUT2D eigenvalue weighted by atomic mass is 19.4. The molecule has 0 aliphatic carbocycles. The number of methoxy groups -OCH3 is 1. The zero-order valence-corrected chi connectivity index (χ0v) is 25.8. The van der Waals surface area contributed by atoms with E-state index in [1.807, 2.05) is 18.2 Å². The first-order chi connectivity index (χ1) is 22.1. The molecule has 4 heterocycles. The molecule has 3 aromatic carbocycles. The predicted octanol–water partition coefficient (Wildman–Crippen LogP) is 6.72. The molecule has 0 N–H and O–H groups in total. The average molecular weight is 659 g/mol. The Morgan fingerprint density at radius 1 is 0.979 bits per heavy atom. The third-order valence-electron chi connectivity index (χ3n) is 9.75. The van der Waals surface area contributed by atoms with E-state index in [9.17, 15) is 35.9 Å². The topological polar surface area (TPSA) is 66.0 Å². The van der Waals surface area contributed by atoms with Crippen molar-refractivity contribution >= 4 is 28.0 Å². The SMILES string of the molecule is C=CC1CN2CCC1CC2[C@H](c1ccnc2ccc(OC)cc12)N(C)c1c(N(C)c2cc(C(F)(F)F)cc(C(F)(F)F)c2)c(=O)c1=O. The van der Waals surface area contributed by atoms with Gasteiger partial charge in [0.15, 0.2) is 0 Å². The first-order valence-electron chi connectivity index (χ1n) is 15.0. The molecule has 7 nitrogen and oxygen atoms in total. The van der Waals surface area contributed by atoms with Crippen LogP contribution in [0.2, 0.25) is 0 Å². The van der Waals surface area contributed by atoms with Crippen molar-refractivity contribution in [1.82, 2.24) is 9.88 Å². The molecular formula is C34H32F6N4O3. The Balaban J connectivity index is 1.50. The van der Waals surface area contributed by atoms with Gasteiger partial charge in [-0.15, -0.1) is 6.58 Å². The number of benzene rings is 2. The van der Waals surface area contributed by atoms with Crippen molar-refractivity contribution in [2.24, 2.45) is 11.8 Å². The van der Waals surface area contributed by atoms with Crippen LogP contribution in [0.3, 0.4) is 0 Å². The maximum absolute atomic E-state index is 13.7. The summed E-state index contributed by atoms with van der Waals surface area (Å²) in [6.07, 6.45) is -4.88. The van der Waals surface area contributed by atoms with Crippen molar-refractivity contribution in [3.05, 3.63) is 98.5 Å². The summed E-state index contributed by atoms with van der Waals surface area (Å²) in [5, 5.41) is 0.743. The van der Waals surface area contributed by atoms with Crippen LogP contribution in [0.25, 0.3) is 10.9 Å². The molecule has 4 aromatic rings. The smallest absolute Gasteiger partial charge is 0.416 e. The summed E-state index contributed by atoms with van der Waals surface area (Å²) < 4.78 is 87.7. The molecule has 0 spiro atoms. The number of fused-ring (bicyclic) bond motifs is 4. The summed E-state index contributed by atoms with van der Waals surface area (Å²) in [5.74, 6) is 1.17. The Hall–Kier alpha value is -4.39. The molecule has 0 saturated carbocycles. The third-order valence-corrected chi connectivity index (χ3v) is 9.75. The standard InChI is InChI=1S/C34H32F6N4O3/c1-5-18-17-44-11-9-19(18)12-27(44)28(24-8-10-41-26-7-6-23(47-4)16-25(24)26)43(3)30-29(31(45)32(30)46)42(2)22-14-20(33(35,36)37)13-21(15-22)34(38,39)40/h5-8,10,13-16,18-19,27-28H,1,9,11-12,17H2,2-4H3/t18?,19?,27?,28-/m0/s1. The number of likely N-dealkylation sites (N-methyl/N-ethyl adjacent to an activating group) is 1. The van der Waals surface area contributed by atoms with Gasteiger partial charge in [-0.05, 0) is 79.3 Å². The number of hydrogen-bond acceptors (Lipinski definition) is 7. The number of alkyl halides is 6. The van der Waals surface area contributed by atoms with E-state index in [1.54, 1.807) is 30.3 Å². The molecule has 3 aliphatic heterocycles. The molecule has 13 heteroatoms. The van der Waals surface area contributed by atoms with Gasteiger partial charge in [-0.3, -0.25) is 19.5 Å². The summed E-state index contributed by atoms with van der Waals surface area (Å²) in [5.41, 5.74) is -4.40. The minimum absolute atomic E-state index is 0.0223. The van der Waals surface area contributed by atoms with Crippen molar-refractivity contribution in [2.75, 3.05) is 44.1 Å². The van der Waals surface area contributed by atoms with Gasteiger partial charge in [0, 0.05) is 44.0 Å². The van der Waals surface area contributed by atoms with Crippen LogP contribution in [0.1, 0.15) is 35.6 Å². The normalized spacial score (nSPS) is 22.0. The number of piperidine rings is 3. The van der Waals surface area contributed by atoms with Crippen LogP contribution in [0.4, 0.5) is 43.4 Å². The van der Waals surface area contributed by atoms with Crippen LogP contribution < -0.4 is 25.4 Å². The molecule has 0 amide bonds. The number of hydrogen-bond donors (Lipinski definition) is 0. The molecular weight excluding hydrogens is 626 g/mol. The summed E-state index contributed by atoms with van der Waals surface area (Å²) >= 11 is 0. The lowest BCUT2D eigenvalue weighted by Gasteiger charge is -2.53. The minimum Gasteiger partial charge on any atom is -0.497 e. The molecule has 47 heavy (non-hydrogen) atoms. The van der Waals surface area contributed by atoms with Crippen LogP contribution in [-0.4, -0.2) is 50.2 Å². The lowest BCUT2D eigenvalue weighted by molar-refractivity contribution is -0.143. The van der Waals surface area contributed by atoms with Gasteiger partial charge >= 0.3 is 12.4 Å². The number of aromatic nitrogens is 1. The van der Waals surface area contributed by atoms with Crippen LogP contribution in [-0.2, 0) is 12.4 Å². The van der Waals surface area contributed by atoms with Gasteiger partial charge in [0.25, 0.3) is 10.9 Å². The lowest BCUT2D eigenvalue weighted by atomic mass is 9.72. The second kappa shape index (κ2) is 11.7. The number of nitrogens with zero attached hydrogens (tertiary/aromatic N) is 4. The zero-order chi connectivity index (χ0) is 34.0. The minimum atomic E-state index is -5.09. The molecule has 7 rings (SSSR count). The van der Waals surface area contributed by atoms with E-state index >= 15 is 0 Å². The first kappa shape index (κ1) is 32.5. The lowest BCUT2D eigenvalue weighted by Crippen LogP contribution is -2.58. The average Bonchev–Trinajstić information content (AvgIpc) is 3.05. The maximum Gasteiger partial charge on any atom is 0.416 e. The van der Waals surface area contributed by atoms with E-state index in [0.717, 1.165) is 41.8 Å². The van der Waals surface area contributed by atoms with Crippen molar-refractivity contribution in [3.63, 3.8) is 0 Å². The number of halogens is 6. The predicted molar refractivity (Wildman–Crippen MR) is 167 cm³/mol. The van der Waals surface area contributed by atoms with E-state index in [-0.39, 0.29) is 29.4 Å². The summed E-state index contributed by atoms with van der Waals surface area (Å²) in [7, 11) is 4.35. The highest BCUT2D eigenvalue weighted by Gasteiger charge is 2.46. The second-order valence-corrected chi connectivity index (χ2v) is 12.3. The molecule has 3 saturated heterocycles. The van der Waals surface area contributed by atoms with Gasteiger partial charge in [-0.2, -0.15) is 26.3 Å². The number of pyridine rings is 1. The van der Waals surface area contributed by atoms with E-state index in [2.05, 4.69) is 16.5 Å². The summed E-state index contributed by atoms with van der Waals surface area (Å²) in [6, 6.07) is 7.63. The fourth-order valence-corrected chi connectivity index (χ4v) is 7.32. The van der Waals surface area contributed by atoms with Gasteiger partial charge in [-0.25, -0.2) is 0 Å². The van der Waals surface area contributed by atoms with E-state index in [4.69, 9.17) is 4.74 Å². The Morgan fingerprint density at radius 2 is 1.64 bits per heavy atom. The highest BCUT2D eigenvalue weighted by molar-refractivity contribution is 5.86. The number of anilines is 3. The molecule has 4 unspecified atom stereocenters.